The van der Waals surface area contributed by atoms with Crippen LogP contribution in [0.5, 0.6) is 0 Å². The first-order chi connectivity index (χ1) is 18.6. The molecule has 2 N–H and O–H groups in total. The Balaban J connectivity index is 0.000000377. The van der Waals surface area contributed by atoms with Gasteiger partial charge in [-0.25, -0.2) is 4.39 Å². The van der Waals surface area contributed by atoms with Gasteiger partial charge in [-0.15, -0.1) is 0 Å². The third-order valence-electron chi connectivity index (χ3n) is 6.13. The highest BCUT2D eigenvalue weighted by Crippen LogP contribution is 2.25. The number of benzene rings is 2. The number of halogens is 1. The molecule has 0 aliphatic heterocycles. The summed E-state index contributed by atoms with van der Waals surface area (Å²) >= 11 is 0. The Morgan fingerprint density at radius 3 is 2.38 bits per heavy atom. The largest absolute Gasteiger partial charge is 0.469 e. The lowest BCUT2D eigenvalue weighted by atomic mass is 9.96. The Morgan fingerprint density at radius 2 is 1.77 bits per heavy atom. The number of amides is 1. The second-order valence-electron chi connectivity index (χ2n) is 9.38. The number of aromatic nitrogens is 1. The van der Waals surface area contributed by atoms with Crippen molar-refractivity contribution in [1.29, 1.82) is 0 Å². The van der Waals surface area contributed by atoms with Gasteiger partial charge < -0.3 is 15.4 Å². The summed E-state index contributed by atoms with van der Waals surface area (Å²) in [5, 5.41) is 2.47. The normalized spacial score (nSPS) is 11.9. The molecule has 39 heavy (non-hydrogen) atoms. The van der Waals surface area contributed by atoms with Crippen molar-refractivity contribution in [3.05, 3.63) is 113 Å². The van der Waals surface area contributed by atoms with Crippen LogP contribution in [-0.2, 0) is 33.7 Å². The highest BCUT2D eigenvalue weighted by Gasteiger charge is 2.12. The molecule has 0 saturated heterocycles. The van der Waals surface area contributed by atoms with E-state index in [0.717, 1.165) is 18.5 Å². The number of nitrogens with two attached hydrogens (primary N) is 1. The fourth-order valence-corrected chi connectivity index (χ4v) is 4.15. The van der Waals surface area contributed by atoms with E-state index in [1.807, 2.05) is 12.4 Å². The van der Waals surface area contributed by atoms with Gasteiger partial charge in [0.1, 0.15) is 5.83 Å². The first kappa shape index (κ1) is 31.1. The van der Waals surface area contributed by atoms with Gasteiger partial charge in [-0.1, -0.05) is 61.2 Å². The highest BCUT2D eigenvalue weighted by atomic mass is 19.1. The molecule has 0 unspecified atom stereocenters. The Bertz CT molecular complexity index is 1380. The van der Waals surface area contributed by atoms with Gasteiger partial charge in [-0.2, -0.15) is 0 Å². The predicted octanol–water partition coefficient (Wildman–Crippen LogP) is 5.84. The summed E-state index contributed by atoms with van der Waals surface area (Å²) in [7, 11) is 5.57. The Hall–Kier alpha value is -4.10. The molecule has 0 aliphatic rings. The summed E-state index contributed by atoms with van der Waals surface area (Å²) in [6, 6.07) is 14.9. The number of ether oxygens (including phenoxy) is 1. The van der Waals surface area contributed by atoms with Crippen LogP contribution in [0.2, 0.25) is 0 Å². The molecule has 3 rings (SSSR count). The maximum atomic E-state index is 12.9. The molecular weight excluding hydrogens is 493 g/mol. The van der Waals surface area contributed by atoms with E-state index in [9.17, 15) is 14.0 Å². The smallest absolute Gasteiger partial charge is 0.305 e. The molecule has 1 amide bonds. The summed E-state index contributed by atoms with van der Waals surface area (Å²) in [6.45, 7) is 7.37. The van der Waals surface area contributed by atoms with Crippen molar-refractivity contribution in [1.82, 2.24) is 9.88 Å². The van der Waals surface area contributed by atoms with Crippen molar-refractivity contribution >= 4 is 22.6 Å². The van der Waals surface area contributed by atoms with Crippen LogP contribution in [0, 0.1) is 0 Å². The molecule has 0 bridgehead atoms. The van der Waals surface area contributed by atoms with Gasteiger partial charge in [-0.05, 0) is 74.0 Å². The van der Waals surface area contributed by atoms with E-state index in [0.29, 0.717) is 18.4 Å². The molecular formula is C32H38FN3O3. The molecule has 1 aromatic heterocycles. The molecule has 2 aromatic carbocycles. The van der Waals surface area contributed by atoms with Gasteiger partial charge in [0.05, 0.1) is 12.7 Å². The van der Waals surface area contributed by atoms with Crippen molar-refractivity contribution in [2.24, 2.45) is 5.73 Å². The van der Waals surface area contributed by atoms with Gasteiger partial charge in [0.25, 0.3) is 5.91 Å². The van der Waals surface area contributed by atoms with Crippen LogP contribution < -0.4 is 5.73 Å². The minimum atomic E-state index is -0.775. The summed E-state index contributed by atoms with van der Waals surface area (Å²) in [6.07, 6.45) is 8.45. The predicted molar refractivity (Wildman–Crippen MR) is 156 cm³/mol. The van der Waals surface area contributed by atoms with Crippen molar-refractivity contribution < 1.29 is 18.7 Å². The number of carbonyl (C=O) groups excluding carboxylic acids is 2. The third-order valence-corrected chi connectivity index (χ3v) is 6.13. The number of pyridine rings is 1. The van der Waals surface area contributed by atoms with E-state index >= 15 is 0 Å². The number of nitrogens with zero attached hydrogens (tertiary/aromatic N) is 2. The molecule has 7 heteroatoms. The van der Waals surface area contributed by atoms with Gasteiger partial charge >= 0.3 is 5.97 Å². The maximum absolute atomic E-state index is 12.9. The first-order valence-electron chi connectivity index (χ1n) is 12.7. The molecule has 0 saturated carbocycles. The Morgan fingerprint density at radius 1 is 1.08 bits per heavy atom. The number of aryl methyl sites for hydroxylation is 1. The number of carbonyl (C=O) groups is 2. The van der Waals surface area contributed by atoms with Gasteiger partial charge in [0, 0.05) is 30.7 Å². The number of esters is 1. The van der Waals surface area contributed by atoms with Crippen LogP contribution >= 0.6 is 0 Å². The van der Waals surface area contributed by atoms with Gasteiger partial charge in [0.15, 0.2) is 0 Å². The van der Waals surface area contributed by atoms with Crippen LogP contribution in [0.3, 0.4) is 0 Å². The van der Waals surface area contributed by atoms with E-state index in [-0.39, 0.29) is 11.5 Å². The molecule has 0 radical (unpaired) electrons. The number of allylic oxidation sites excluding steroid dienone is 3. The lowest BCUT2D eigenvalue weighted by molar-refractivity contribution is -0.140. The molecule has 206 valence electrons. The minimum Gasteiger partial charge on any atom is -0.469 e. The van der Waals surface area contributed by atoms with Crippen molar-refractivity contribution in [3.8, 4) is 0 Å². The number of fused-ring (bicyclic) bond motifs is 1. The second kappa shape index (κ2) is 15.3. The topological polar surface area (TPSA) is 85.5 Å². The lowest BCUT2D eigenvalue weighted by Crippen LogP contribution is -2.15. The molecule has 0 atom stereocenters. The van der Waals surface area contributed by atoms with E-state index in [2.05, 4.69) is 73.0 Å². The van der Waals surface area contributed by atoms with Crippen LogP contribution in [0.15, 0.2) is 90.6 Å². The van der Waals surface area contributed by atoms with E-state index in [4.69, 9.17) is 10.5 Å². The Kier molecular flexibility index (Phi) is 12.2. The molecule has 0 fully saturated rings. The van der Waals surface area contributed by atoms with Crippen LogP contribution in [0.4, 0.5) is 4.39 Å². The number of rotatable bonds is 10. The zero-order valence-corrected chi connectivity index (χ0v) is 23.5. The maximum Gasteiger partial charge on any atom is 0.305 e. The van der Waals surface area contributed by atoms with E-state index in [1.54, 1.807) is 6.92 Å². The fourth-order valence-electron chi connectivity index (χ4n) is 4.15. The summed E-state index contributed by atoms with van der Waals surface area (Å²) in [5.74, 6) is -1.56. The SMILES string of the molecule is C=C/C(C)=C(C(N)=O)\C(F)=C/C.COC(=O)CCc1cccc(Cc2cccc3c(CN(C)C)cncc23)c1. The van der Waals surface area contributed by atoms with Crippen LogP contribution in [0.25, 0.3) is 10.8 Å². The summed E-state index contributed by atoms with van der Waals surface area (Å²) < 4.78 is 17.7. The highest BCUT2D eigenvalue weighted by molar-refractivity contribution is 5.97. The van der Waals surface area contributed by atoms with Crippen molar-refractivity contribution in [2.75, 3.05) is 21.2 Å². The molecule has 0 aliphatic carbocycles. The molecule has 0 spiro atoms. The van der Waals surface area contributed by atoms with Crippen LogP contribution in [0.1, 0.15) is 42.5 Å². The zero-order valence-electron chi connectivity index (χ0n) is 23.5. The molecule has 1 heterocycles. The van der Waals surface area contributed by atoms with Crippen molar-refractivity contribution in [3.63, 3.8) is 0 Å². The van der Waals surface area contributed by atoms with Gasteiger partial charge in [-0.3, -0.25) is 14.6 Å². The monoisotopic (exact) mass is 531 g/mol. The number of hydrogen-bond donors (Lipinski definition) is 1. The van der Waals surface area contributed by atoms with E-state index < -0.39 is 11.7 Å². The standard InChI is InChI=1S/C23H26N2O2.C9H12FNO/c1-25(2)16-20-14-24-15-22-19(8-5-9-21(20)22)13-18-7-4-6-17(12-18)10-11-23(26)27-3;1-4-6(3)8(9(11)12)7(10)5-2/h4-9,12,14-15H,10-11,13,16H2,1-3H3;4-5H,1H2,2-3H3,(H2,11,12)/b;7-5+,8-6+. The van der Waals surface area contributed by atoms with Crippen molar-refractivity contribution in [2.45, 2.75) is 39.7 Å². The molecule has 6 nitrogen and oxygen atoms in total. The number of hydrogen-bond acceptors (Lipinski definition) is 5. The Labute approximate surface area is 230 Å². The number of primary amides is 1. The summed E-state index contributed by atoms with van der Waals surface area (Å²) in [5.41, 5.74) is 10.2. The third kappa shape index (κ3) is 9.30. The zero-order chi connectivity index (χ0) is 28.9. The van der Waals surface area contributed by atoms with Crippen LogP contribution in [-0.4, -0.2) is 43.0 Å². The lowest BCUT2D eigenvalue weighted by Gasteiger charge is -2.14. The minimum absolute atomic E-state index is 0.104. The summed E-state index contributed by atoms with van der Waals surface area (Å²) in [4.78, 5) is 28.7. The first-order valence-corrected chi connectivity index (χ1v) is 12.7. The quantitative estimate of drug-likeness (QED) is 0.202. The fraction of sp³-hybridized carbons (Fsp3) is 0.281. The average molecular weight is 532 g/mol. The van der Waals surface area contributed by atoms with E-state index in [1.165, 1.54) is 53.6 Å². The number of methoxy groups -OCH3 is 1. The average Bonchev–Trinajstić information content (AvgIpc) is 2.92. The van der Waals surface area contributed by atoms with Gasteiger partial charge in [0.2, 0.25) is 0 Å². The second-order valence-corrected chi connectivity index (χ2v) is 9.38. The molecule has 3 aromatic rings.